The van der Waals surface area contributed by atoms with Gasteiger partial charge < -0.3 is 14.7 Å². The Labute approximate surface area is 144 Å². The molecule has 1 saturated heterocycles. The van der Waals surface area contributed by atoms with Crippen LogP contribution < -0.4 is 4.90 Å². The van der Waals surface area contributed by atoms with E-state index in [4.69, 9.17) is 4.74 Å². The van der Waals surface area contributed by atoms with Gasteiger partial charge in [-0.15, -0.1) is 0 Å². The molecule has 4 heteroatoms. The van der Waals surface area contributed by atoms with E-state index in [0.29, 0.717) is 26.1 Å². The average Bonchev–Trinajstić information content (AvgIpc) is 2.93. The van der Waals surface area contributed by atoms with Crippen molar-refractivity contribution in [2.24, 2.45) is 5.41 Å². The van der Waals surface area contributed by atoms with Crippen molar-refractivity contribution in [2.45, 2.75) is 58.0 Å². The predicted molar refractivity (Wildman–Crippen MR) is 95.1 cm³/mol. The van der Waals surface area contributed by atoms with Crippen molar-refractivity contribution < 1.29 is 14.6 Å². The van der Waals surface area contributed by atoms with Crippen LogP contribution in [0, 0.1) is 5.41 Å². The fourth-order valence-corrected chi connectivity index (χ4v) is 4.07. The summed E-state index contributed by atoms with van der Waals surface area (Å²) in [5, 5.41) is 10.6. The minimum Gasteiger partial charge on any atom is -0.387 e. The van der Waals surface area contributed by atoms with Gasteiger partial charge in [0.15, 0.2) is 0 Å². The molecule has 1 N–H and O–H groups in total. The minimum absolute atomic E-state index is 0.241. The molecule has 3 rings (SSSR count). The lowest BCUT2D eigenvalue weighted by Crippen LogP contribution is -2.45. The fraction of sp³-hybridized carbons (Fsp3) is 0.650. The van der Waals surface area contributed by atoms with Crippen molar-refractivity contribution in [3.8, 4) is 0 Å². The summed E-state index contributed by atoms with van der Waals surface area (Å²) in [6.07, 6.45) is 4.74. The van der Waals surface area contributed by atoms with Crippen LogP contribution in [-0.4, -0.2) is 36.4 Å². The number of amides is 1. The first-order valence-electron chi connectivity index (χ1n) is 9.23. The zero-order valence-electron chi connectivity index (χ0n) is 14.9. The summed E-state index contributed by atoms with van der Waals surface area (Å²) in [4.78, 5) is 15.0. The first kappa shape index (κ1) is 17.4. The third-order valence-electron chi connectivity index (χ3n) is 5.88. The van der Waals surface area contributed by atoms with Gasteiger partial charge in [-0.2, -0.15) is 0 Å². The number of carbonyl (C=O) groups excluding carboxylic acids is 1. The van der Waals surface area contributed by atoms with E-state index in [1.807, 2.05) is 11.8 Å². The van der Waals surface area contributed by atoms with E-state index >= 15 is 0 Å². The standard InChI is InChI=1S/C20H29NO3/c1-3-16-5-7-17(8-6-16)21-14-13-19(18(21)22)9-11-20(23,12-10-19)15-24-4-2/h5-8,23H,3-4,9-15H2,1-2H3/t19-,20-. The Balaban J connectivity index is 1.68. The van der Waals surface area contributed by atoms with Crippen LogP contribution in [0.15, 0.2) is 24.3 Å². The highest BCUT2D eigenvalue weighted by atomic mass is 16.5. The number of nitrogens with zero attached hydrogens (tertiary/aromatic N) is 1. The van der Waals surface area contributed by atoms with Gasteiger partial charge in [0, 0.05) is 18.8 Å². The highest BCUT2D eigenvalue weighted by molar-refractivity contribution is 6.00. The molecule has 0 aromatic heterocycles. The molecule has 0 bridgehead atoms. The number of hydrogen-bond donors (Lipinski definition) is 1. The number of hydrogen-bond acceptors (Lipinski definition) is 3. The van der Waals surface area contributed by atoms with E-state index < -0.39 is 5.60 Å². The molecule has 1 heterocycles. The van der Waals surface area contributed by atoms with Crippen molar-refractivity contribution in [1.82, 2.24) is 0 Å². The highest BCUT2D eigenvalue weighted by Crippen LogP contribution is 2.48. The van der Waals surface area contributed by atoms with Gasteiger partial charge in [-0.05, 0) is 63.1 Å². The quantitative estimate of drug-likeness (QED) is 0.900. The van der Waals surface area contributed by atoms with Crippen LogP contribution in [0.2, 0.25) is 0 Å². The Hall–Kier alpha value is -1.39. The average molecular weight is 331 g/mol. The van der Waals surface area contributed by atoms with Gasteiger partial charge in [-0.3, -0.25) is 4.79 Å². The molecule has 1 amide bonds. The van der Waals surface area contributed by atoms with E-state index in [0.717, 1.165) is 37.9 Å². The molecule has 1 aromatic carbocycles. The van der Waals surface area contributed by atoms with Crippen molar-refractivity contribution in [3.05, 3.63) is 29.8 Å². The molecule has 1 saturated carbocycles. The molecule has 24 heavy (non-hydrogen) atoms. The molecule has 4 nitrogen and oxygen atoms in total. The largest absolute Gasteiger partial charge is 0.387 e. The number of benzene rings is 1. The van der Waals surface area contributed by atoms with Crippen LogP contribution in [0.1, 0.15) is 51.5 Å². The molecule has 1 aliphatic heterocycles. The van der Waals surface area contributed by atoms with Crippen LogP contribution in [0.3, 0.4) is 0 Å². The molecule has 0 unspecified atom stereocenters. The van der Waals surface area contributed by atoms with Gasteiger partial charge in [0.2, 0.25) is 5.91 Å². The Morgan fingerprint density at radius 3 is 2.33 bits per heavy atom. The molecule has 1 aliphatic carbocycles. The number of aliphatic hydroxyl groups is 1. The maximum absolute atomic E-state index is 13.1. The Morgan fingerprint density at radius 1 is 1.08 bits per heavy atom. The molecule has 2 aliphatic rings. The van der Waals surface area contributed by atoms with E-state index in [-0.39, 0.29) is 11.3 Å². The lowest BCUT2D eigenvalue weighted by Gasteiger charge is -2.40. The summed E-state index contributed by atoms with van der Waals surface area (Å²) < 4.78 is 5.42. The van der Waals surface area contributed by atoms with Gasteiger partial charge in [0.05, 0.1) is 17.6 Å². The number of carbonyl (C=O) groups is 1. The lowest BCUT2D eigenvalue weighted by atomic mass is 9.68. The van der Waals surface area contributed by atoms with Crippen LogP contribution in [0.5, 0.6) is 0 Å². The first-order chi connectivity index (χ1) is 11.5. The van der Waals surface area contributed by atoms with Gasteiger partial charge >= 0.3 is 0 Å². The van der Waals surface area contributed by atoms with Gasteiger partial charge in [0.25, 0.3) is 0 Å². The van der Waals surface area contributed by atoms with Gasteiger partial charge in [0.1, 0.15) is 0 Å². The number of rotatable bonds is 5. The molecule has 1 aromatic rings. The molecule has 0 atom stereocenters. The molecular formula is C20H29NO3. The normalized spacial score (nSPS) is 30.3. The topological polar surface area (TPSA) is 49.8 Å². The Bertz CT molecular complexity index is 573. The number of aryl methyl sites for hydroxylation is 1. The molecule has 132 valence electrons. The van der Waals surface area contributed by atoms with Crippen molar-refractivity contribution >= 4 is 11.6 Å². The summed E-state index contributed by atoms with van der Waals surface area (Å²) >= 11 is 0. The zero-order chi connectivity index (χ0) is 17.2. The van der Waals surface area contributed by atoms with Crippen molar-refractivity contribution in [2.75, 3.05) is 24.7 Å². The first-order valence-corrected chi connectivity index (χ1v) is 9.23. The van der Waals surface area contributed by atoms with Crippen LogP contribution in [0.25, 0.3) is 0 Å². The summed E-state index contributed by atoms with van der Waals surface area (Å²) in [5.41, 5.74) is 1.27. The monoisotopic (exact) mass is 331 g/mol. The van der Waals surface area contributed by atoms with E-state index in [1.54, 1.807) is 0 Å². The Morgan fingerprint density at radius 2 is 1.75 bits per heavy atom. The van der Waals surface area contributed by atoms with Crippen molar-refractivity contribution in [3.63, 3.8) is 0 Å². The third kappa shape index (κ3) is 3.22. The third-order valence-corrected chi connectivity index (χ3v) is 5.88. The highest BCUT2D eigenvalue weighted by Gasteiger charge is 2.51. The summed E-state index contributed by atoms with van der Waals surface area (Å²) in [7, 11) is 0. The predicted octanol–water partition coefficient (Wildman–Crippen LogP) is 3.31. The molecular weight excluding hydrogens is 302 g/mol. The Kier molecular flexibility index (Phi) is 4.97. The second-order valence-corrected chi connectivity index (χ2v) is 7.37. The smallest absolute Gasteiger partial charge is 0.233 e. The summed E-state index contributed by atoms with van der Waals surface area (Å²) in [6.45, 7) is 5.87. The molecule has 0 radical (unpaired) electrons. The van der Waals surface area contributed by atoms with Crippen molar-refractivity contribution in [1.29, 1.82) is 0 Å². The van der Waals surface area contributed by atoms with Crippen LogP contribution >= 0.6 is 0 Å². The minimum atomic E-state index is -0.752. The SMILES string of the molecule is CCOC[C@]1(O)CC[C@@]2(CCN(c3ccc(CC)cc3)C2=O)CC1. The maximum atomic E-state index is 13.1. The fourth-order valence-electron chi connectivity index (χ4n) is 4.07. The van der Waals surface area contributed by atoms with Crippen LogP contribution in [0.4, 0.5) is 5.69 Å². The van der Waals surface area contributed by atoms with Gasteiger partial charge in [-0.25, -0.2) is 0 Å². The molecule has 1 spiro atoms. The van der Waals surface area contributed by atoms with E-state index in [9.17, 15) is 9.90 Å². The summed E-state index contributed by atoms with van der Waals surface area (Å²) in [6, 6.07) is 8.33. The lowest BCUT2D eigenvalue weighted by molar-refractivity contribution is -0.133. The van der Waals surface area contributed by atoms with Crippen LogP contribution in [-0.2, 0) is 16.0 Å². The second-order valence-electron chi connectivity index (χ2n) is 7.37. The number of anilines is 1. The van der Waals surface area contributed by atoms with E-state index in [2.05, 4.69) is 31.2 Å². The summed E-state index contributed by atoms with van der Waals surface area (Å²) in [5.74, 6) is 0.241. The number of ether oxygens (including phenoxy) is 1. The second kappa shape index (κ2) is 6.85. The maximum Gasteiger partial charge on any atom is 0.233 e. The zero-order valence-corrected chi connectivity index (χ0v) is 14.9. The van der Waals surface area contributed by atoms with Gasteiger partial charge in [-0.1, -0.05) is 19.1 Å². The van der Waals surface area contributed by atoms with E-state index in [1.165, 1.54) is 5.56 Å². The molecule has 2 fully saturated rings.